The molecule has 1 saturated heterocycles. The number of rotatable bonds is 4. The molecule has 1 aliphatic carbocycles. The third-order valence-electron chi connectivity index (χ3n) is 3.60. The van der Waals surface area contributed by atoms with Crippen molar-refractivity contribution in [2.45, 2.75) is 12.8 Å². The van der Waals surface area contributed by atoms with Crippen LogP contribution in [-0.2, 0) is 10.0 Å². The summed E-state index contributed by atoms with van der Waals surface area (Å²) in [7, 11) is 0.203. The Morgan fingerprint density at radius 1 is 1.27 bits per heavy atom. The highest BCUT2D eigenvalue weighted by molar-refractivity contribution is 7.89. The average molecular weight is 232 g/mol. The van der Waals surface area contributed by atoms with Gasteiger partial charge in [0.1, 0.15) is 0 Å². The molecule has 2 atom stereocenters. The predicted octanol–water partition coefficient (Wildman–Crippen LogP) is 0.123. The third kappa shape index (κ3) is 2.52. The summed E-state index contributed by atoms with van der Waals surface area (Å²) in [4.78, 5) is 0. The van der Waals surface area contributed by atoms with Crippen molar-refractivity contribution in [2.24, 2.45) is 17.8 Å². The molecule has 1 aliphatic heterocycles. The fraction of sp³-hybridized carbons (Fsp3) is 1.00. The van der Waals surface area contributed by atoms with Crippen molar-refractivity contribution in [3.05, 3.63) is 0 Å². The lowest BCUT2D eigenvalue weighted by Gasteiger charge is -2.20. The normalized spacial score (nSPS) is 32.5. The highest BCUT2D eigenvalue weighted by atomic mass is 32.2. The number of nitrogens with one attached hydrogen (secondary N) is 1. The minimum Gasteiger partial charge on any atom is -0.316 e. The van der Waals surface area contributed by atoms with Crippen LogP contribution in [0.3, 0.4) is 0 Å². The maximum atomic E-state index is 11.8. The lowest BCUT2D eigenvalue weighted by molar-refractivity contribution is 0.394. The van der Waals surface area contributed by atoms with Gasteiger partial charge in [-0.25, -0.2) is 12.7 Å². The number of hydrogen-bond donors (Lipinski definition) is 1. The van der Waals surface area contributed by atoms with E-state index in [1.807, 2.05) is 0 Å². The molecule has 4 nitrogen and oxygen atoms in total. The van der Waals surface area contributed by atoms with Gasteiger partial charge in [0.2, 0.25) is 10.0 Å². The Morgan fingerprint density at radius 3 is 2.47 bits per heavy atom. The van der Waals surface area contributed by atoms with Crippen LogP contribution in [0.2, 0.25) is 0 Å². The zero-order valence-electron chi connectivity index (χ0n) is 9.44. The lowest BCUT2D eigenvalue weighted by Crippen LogP contribution is -2.32. The van der Waals surface area contributed by atoms with Gasteiger partial charge in [0.05, 0.1) is 5.75 Å². The summed E-state index contributed by atoms with van der Waals surface area (Å²) in [6.07, 6.45) is 2.59. The summed E-state index contributed by atoms with van der Waals surface area (Å²) in [5, 5.41) is 3.32. The standard InChI is InChI=1S/C10H20N2O2S/c1-12(2)15(13,14)7-9-5-11-6-10(9)8-3-4-8/h8-11H,3-7H2,1-2H3. The summed E-state index contributed by atoms with van der Waals surface area (Å²) < 4.78 is 24.9. The molecule has 1 saturated carbocycles. The highest BCUT2D eigenvalue weighted by Gasteiger charge is 2.41. The van der Waals surface area contributed by atoms with Crippen molar-refractivity contribution in [3.8, 4) is 0 Å². The molecule has 2 fully saturated rings. The molecule has 0 aromatic heterocycles. The molecular weight excluding hydrogens is 212 g/mol. The Morgan fingerprint density at radius 2 is 1.93 bits per heavy atom. The Labute approximate surface area is 92.1 Å². The molecule has 2 unspecified atom stereocenters. The van der Waals surface area contributed by atoms with Crippen LogP contribution < -0.4 is 5.32 Å². The second kappa shape index (κ2) is 4.03. The van der Waals surface area contributed by atoms with Crippen LogP contribution in [0.25, 0.3) is 0 Å². The summed E-state index contributed by atoms with van der Waals surface area (Å²) in [6, 6.07) is 0. The van der Waals surface area contributed by atoms with Crippen molar-refractivity contribution >= 4 is 10.0 Å². The van der Waals surface area contributed by atoms with E-state index in [4.69, 9.17) is 0 Å². The molecule has 1 heterocycles. The number of sulfonamides is 1. The minimum absolute atomic E-state index is 0.314. The molecular formula is C10H20N2O2S. The van der Waals surface area contributed by atoms with E-state index in [0.29, 0.717) is 17.6 Å². The summed E-state index contributed by atoms with van der Waals surface area (Å²) in [6.45, 7) is 1.88. The first-order chi connectivity index (χ1) is 7.00. The van der Waals surface area contributed by atoms with E-state index in [0.717, 1.165) is 19.0 Å². The van der Waals surface area contributed by atoms with E-state index in [1.54, 1.807) is 14.1 Å². The van der Waals surface area contributed by atoms with Gasteiger partial charge in [-0.15, -0.1) is 0 Å². The summed E-state index contributed by atoms with van der Waals surface area (Å²) in [5.41, 5.74) is 0. The average Bonchev–Trinajstić information content (AvgIpc) is 2.88. The van der Waals surface area contributed by atoms with Gasteiger partial charge in [0, 0.05) is 14.1 Å². The van der Waals surface area contributed by atoms with Crippen LogP contribution in [0.1, 0.15) is 12.8 Å². The largest absolute Gasteiger partial charge is 0.316 e. The maximum absolute atomic E-state index is 11.8. The van der Waals surface area contributed by atoms with Crippen molar-refractivity contribution in [2.75, 3.05) is 32.9 Å². The van der Waals surface area contributed by atoms with Crippen molar-refractivity contribution < 1.29 is 8.42 Å². The maximum Gasteiger partial charge on any atom is 0.213 e. The van der Waals surface area contributed by atoms with Crippen LogP contribution >= 0.6 is 0 Å². The van der Waals surface area contributed by atoms with Crippen LogP contribution in [0.15, 0.2) is 0 Å². The molecule has 2 aliphatic rings. The van der Waals surface area contributed by atoms with Gasteiger partial charge < -0.3 is 5.32 Å². The Bertz CT molecular complexity index is 322. The molecule has 15 heavy (non-hydrogen) atoms. The SMILES string of the molecule is CN(C)S(=O)(=O)CC1CNCC1C1CC1. The molecule has 5 heteroatoms. The first-order valence-electron chi connectivity index (χ1n) is 5.61. The van der Waals surface area contributed by atoms with Crippen molar-refractivity contribution in [3.63, 3.8) is 0 Å². The minimum atomic E-state index is -3.03. The van der Waals surface area contributed by atoms with Gasteiger partial charge >= 0.3 is 0 Å². The van der Waals surface area contributed by atoms with Crippen molar-refractivity contribution in [1.29, 1.82) is 0 Å². The molecule has 0 amide bonds. The Hall–Kier alpha value is -0.130. The van der Waals surface area contributed by atoms with E-state index < -0.39 is 10.0 Å². The molecule has 2 rings (SSSR count). The molecule has 0 aromatic carbocycles. The fourth-order valence-corrected chi connectivity index (χ4v) is 3.64. The van der Waals surface area contributed by atoms with E-state index in [-0.39, 0.29) is 0 Å². The van der Waals surface area contributed by atoms with Gasteiger partial charge in [-0.2, -0.15) is 0 Å². The molecule has 88 valence electrons. The Balaban J connectivity index is 1.98. The van der Waals surface area contributed by atoms with E-state index >= 15 is 0 Å². The van der Waals surface area contributed by atoms with Gasteiger partial charge in [-0.1, -0.05) is 0 Å². The second-order valence-electron chi connectivity index (χ2n) is 4.98. The number of nitrogens with zero attached hydrogens (tertiary/aromatic N) is 1. The van der Waals surface area contributed by atoms with Crippen molar-refractivity contribution in [1.82, 2.24) is 9.62 Å². The summed E-state index contributed by atoms with van der Waals surface area (Å²) in [5.74, 6) is 2.03. The van der Waals surface area contributed by atoms with Crippen LogP contribution in [-0.4, -0.2) is 45.7 Å². The monoisotopic (exact) mass is 232 g/mol. The van der Waals surface area contributed by atoms with Gasteiger partial charge in [-0.05, 0) is 43.7 Å². The van der Waals surface area contributed by atoms with Crippen LogP contribution in [0.5, 0.6) is 0 Å². The third-order valence-corrected chi connectivity index (χ3v) is 5.56. The number of hydrogen-bond acceptors (Lipinski definition) is 3. The quantitative estimate of drug-likeness (QED) is 0.749. The topological polar surface area (TPSA) is 49.4 Å². The molecule has 0 radical (unpaired) electrons. The molecule has 0 bridgehead atoms. The fourth-order valence-electron chi connectivity index (χ4n) is 2.43. The van der Waals surface area contributed by atoms with Gasteiger partial charge in [-0.3, -0.25) is 0 Å². The van der Waals surface area contributed by atoms with Gasteiger partial charge in [0.25, 0.3) is 0 Å². The molecule has 0 aromatic rings. The highest BCUT2D eigenvalue weighted by Crippen LogP contribution is 2.42. The van der Waals surface area contributed by atoms with Crippen LogP contribution in [0, 0.1) is 17.8 Å². The lowest BCUT2D eigenvalue weighted by atomic mass is 9.93. The smallest absolute Gasteiger partial charge is 0.213 e. The van der Waals surface area contributed by atoms with E-state index in [2.05, 4.69) is 5.32 Å². The Kier molecular flexibility index (Phi) is 3.05. The van der Waals surface area contributed by atoms with E-state index in [9.17, 15) is 8.42 Å². The van der Waals surface area contributed by atoms with Crippen LogP contribution in [0.4, 0.5) is 0 Å². The first-order valence-corrected chi connectivity index (χ1v) is 7.22. The molecule has 0 spiro atoms. The zero-order valence-corrected chi connectivity index (χ0v) is 10.3. The molecule has 1 N–H and O–H groups in total. The second-order valence-corrected chi connectivity index (χ2v) is 7.21. The zero-order chi connectivity index (χ0) is 11.1. The van der Waals surface area contributed by atoms with E-state index in [1.165, 1.54) is 17.1 Å². The van der Waals surface area contributed by atoms with Gasteiger partial charge in [0.15, 0.2) is 0 Å². The summed E-state index contributed by atoms with van der Waals surface area (Å²) >= 11 is 0. The first kappa shape index (κ1) is 11.4. The predicted molar refractivity (Wildman–Crippen MR) is 60.0 cm³/mol.